The molecule has 0 spiro atoms. The molecule has 0 amide bonds. The zero-order valence-electron chi connectivity index (χ0n) is 10.2. The highest BCUT2D eigenvalue weighted by Gasteiger charge is 2.38. The van der Waals surface area contributed by atoms with Crippen LogP contribution in [-0.4, -0.2) is 20.7 Å². The number of carbonyl (C=O) groups is 1. The predicted molar refractivity (Wildman–Crippen MR) is 63.3 cm³/mol. The molecule has 0 aliphatic carbocycles. The Hall–Kier alpha value is -0.313. The van der Waals surface area contributed by atoms with Crippen molar-refractivity contribution in [3.05, 3.63) is 0 Å². The quantitative estimate of drug-likeness (QED) is 0.502. The fourth-order valence-corrected chi connectivity index (χ4v) is 6.11. The molecule has 0 rings (SSSR count). The zero-order valence-corrected chi connectivity index (χ0v) is 11.2. The summed E-state index contributed by atoms with van der Waals surface area (Å²) in [6, 6.07) is 3.54. The number of rotatable bonds is 6. The number of ether oxygens (including phenoxy) is 1. The summed E-state index contributed by atoms with van der Waals surface area (Å²) in [5.41, 5.74) is 0.155. The van der Waals surface area contributed by atoms with Crippen molar-refractivity contribution < 1.29 is 9.53 Å². The van der Waals surface area contributed by atoms with Crippen molar-refractivity contribution in [1.29, 1.82) is 0 Å². The van der Waals surface area contributed by atoms with Gasteiger partial charge in [-0.3, -0.25) is 4.79 Å². The van der Waals surface area contributed by atoms with Gasteiger partial charge in [0.25, 0.3) is 0 Å². The van der Waals surface area contributed by atoms with E-state index in [9.17, 15) is 4.79 Å². The minimum Gasteiger partial charge on any atom is -0.466 e. The first-order valence-corrected chi connectivity index (χ1v) is 8.44. The fourth-order valence-electron chi connectivity index (χ4n) is 2.19. The van der Waals surface area contributed by atoms with Crippen molar-refractivity contribution in [2.24, 2.45) is 0 Å². The lowest BCUT2D eigenvalue weighted by atomic mass is 10.5. The molecule has 0 aromatic carbocycles. The van der Waals surface area contributed by atoms with Gasteiger partial charge in [0.15, 0.2) is 0 Å². The van der Waals surface area contributed by atoms with E-state index >= 15 is 0 Å². The fraction of sp³-hybridized carbons (Fsp3) is 0.909. The highest BCUT2D eigenvalue weighted by atomic mass is 28.3. The van der Waals surface area contributed by atoms with E-state index in [1.54, 1.807) is 0 Å². The summed E-state index contributed by atoms with van der Waals surface area (Å²) >= 11 is 0. The number of hydrogen-bond acceptors (Lipinski definition) is 2. The summed E-state index contributed by atoms with van der Waals surface area (Å²) in [5.74, 6) is 0.0183. The standard InChI is InChI=1S/C11H24O2Si/c1-6-13-11(12)10(5)14(7-2,8-3)9-4/h10H,6-9H2,1-5H3. The molecule has 3 heteroatoms. The molecule has 1 unspecified atom stereocenters. The van der Waals surface area contributed by atoms with Crippen LogP contribution in [0.1, 0.15) is 34.6 Å². The van der Waals surface area contributed by atoms with Crippen LogP contribution in [0.25, 0.3) is 0 Å². The van der Waals surface area contributed by atoms with Crippen LogP contribution in [0, 0.1) is 0 Å². The van der Waals surface area contributed by atoms with E-state index in [0.717, 1.165) is 0 Å². The SMILES string of the molecule is CCOC(=O)C(C)[Si](CC)(CC)CC. The average Bonchev–Trinajstić information content (AvgIpc) is 2.21. The molecule has 0 heterocycles. The third kappa shape index (κ3) is 2.84. The van der Waals surface area contributed by atoms with Gasteiger partial charge in [-0.1, -0.05) is 45.8 Å². The summed E-state index contributed by atoms with van der Waals surface area (Å²) in [4.78, 5) is 11.7. The van der Waals surface area contributed by atoms with Crippen LogP contribution < -0.4 is 0 Å². The lowest BCUT2D eigenvalue weighted by Crippen LogP contribution is -2.40. The lowest BCUT2D eigenvalue weighted by molar-refractivity contribution is -0.142. The van der Waals surface area contributed by atoms with Crippen molar-refractivity contribution >= 4 is 14.0 Å². The van der Waals surface area contributed by atoms with Crippen molar-refractivity contribution in [2.45, 2.75) is 58.3 Å². The van der Waals surface area contributed by atoms with E-state index in [2.05, 4.69) is 27.7 Å². The van der Waals surface area contributed by atoms with Gasteiger partial charge >= 0.3 is 5.97 Å². The van der Waals surface area contributed by atoms with Crippen LogP contribution in [0.5, 0.6) is 0 Å². The molecule has 0 fully saturated rings. The number of hydrogen-bond donors (Lipinski definition) is 0. The molecule has 0 aromatic rings. The normalized spacial score (nSPS) is 13.8. The van der Waals surface area contributed by atoms with E-state index in [4.69, 9.17) is 4.74 Å². The van der Waals surface area contributed by atoms with Crippen LogP contribution in [0.3, 0.4) is 0 Å². The van der Waals surface area contributed by atoms with Gasteiger partial charge < -0.3 is 4.74 Å². The third-order valence-corrected chi connectivity index (χ3v) is 9.97. The van der Waals surface area contributed by atoms with E-state index in [1.807, 2.05) is 6.92 Å². The van der Waals surface area contributed by atoms with Crippen LogP contribution in [0.2, 0.25) is 23.7 Å². The van der Waals surface area contributed by atoms with Crippen LogP contribution in [0.15, 0.2) is 0 Å². The van der Waals surface area contributed by atoms with E-state index in [-0.39, 0.29) is 11.5 Å². The molecule has 14 heavy (non-hydrogen) atoms. The minimum atomic E-state index is -1.40. The maximum absolute atomic E-state index is 11.7. The Bertz CT molecular complexity index is 168. The zero-order chi connectivity index (χ0) is 11.2. The Morgan fingerprint density at radius 3 is 1.86 bits per heavy atom. The molecular weight excluding hydrogens is 192 g/mol. The second-order valence-corrected chi connectivity index (χ2v) is 9.61. The van der Waals surface area contributed by atoms with E-state index in [1.165, 1.54) is 18.1 Å². The Kier molecular flexibility index (Phi) is 6.08. The minimum absolute atomic E-state index is 0.0183. The van der Waals surface area contributed by atoms with Gasteiger partial charge in [0.2, 0.25) is 0 Å². The first-order valence-electron chi connectivity index (χ1n) is 5.74. The summed E-state index contributed by atoms with van der Waals surface area (Å²) in [7, 11) is -1.40. The molecule has 84 valence electrons. The van der Waals surface area contributed by atoms with Gasteiger partial charge in [0.1, 0.15) is 0 Å². The van der Waals surface area contributed by atoms with Gasteiger partial charge in [-0.05, 0) is 6.92 Å². The molecule has 0 saturated carbocycles. The van der Waals surface area contributed by atoms with Crippen LogP contribution in [-0.2, 0) is 9.53 Å². The van der Waals surface area contributed by atoms with Crippen molar-refractivity contribution in [1.82, 2.24) is 0 Å². The predicted octanol–water partition coefficient (Wildman–Crippen LogP) is 3.45. The molecule has 0 aliphatic heterocycles. The highest BCUT2D eigenvalue weighted by Crippen LogP contribution is 2.33. The molecular formula is C11H24O2Si. The highest BCUT2D eigenvalue weighted by molar-refractivity contribution is 6.83. The molecule has 0 radical (unpaired) electrons. The van der Waals surface area contributed by atoms with Crippen LogP contribution >= 0.6 is 0 Å². The summed E-state index contributed by atoms with van der Waals surface area (Å²) in [6.45, 7) is 11.1. The van der Waals surface area contributed by atoms with Crippen molar-refractivity contribution in [2.75, 3.05) is 6.61 Å². The number of carbonyl (C=O) groups excluding carboxylic acids is 1. The third-order valence-electron chi connectivity index (χ3n) is 3.67. The van der Waals surface area contributed by atoms with Gasteiger partial charge in [0.05, 0.1) is 14.7 Å². The van der Waals surface area contributed by atoms with E-state index < -0.39 is 8.07 Å². The molecule has 0 aromatic heterocycles. The maximum atomic E-state index is 11.7. The monoisotopic (exact) mass is 216 g/mol. The lowest BCUT2D eigenvalue weighted by Gasteiger charge is -2.33. The second-order valence-electron chi connectivity index (χ2n) is 3.90. The Morgan fingerprint density at radius 1 is 1.14 bits per heavy atom. The Morgan fingerprint density at radius 2 is 1.57 bits per heavy atom. The molecule has 2 nitrogen and oxygen atoms in total. The Balaban J connectivity index is 4.57. The molecule has 0 bridgehead atoms. The first kappa shape index (κ1) is 13.7. The summed E-state index contributed by atoms with van der Waals surface area (Å²) in [6.07, 6.45) is 0. The van der Waals surface area contributed by atoms with Crippen molar-refractivity contribution in [3.8, 4) is 0 Å². The van der Waals surface area contributed by atoms with Gasteiger partial charge in [-0.2, -0.15) is 0 Å². The Labute approximate surface area is 89.0 Å². The second kappa shape index (κ2) is 6.22. The first-order chi connectivity index (χ1) is 6.57. The van der Waals surface area contributed by atoms with Gasteiger partial charge in [-0.25, -0.2) is 0 Å². The van der Waals surface area contributed by atoms with E-state index in [0.29, 0.717) is 6.61 Å². The molecule has 0 saturated heterocycles. The number of esters is 1. The van der Waals surface area contributed by atoms with Gasteiger partial charge in [0, 0.05) is 5.54 Å². The summed E-state index contributed by atoms with van der Waals surface area (Å²) in [5, 5.41) is 0. The summed E-state index contributed by atoms with van der Waals surface area (Å²) < 4.78 is 5.11. The average molecular weight is 216 g/mol. The maximum Gasteiger partial charge on any atom is 0.305 e. The van der Waals surface area contributed by atoms with Crippen molar-refractivity contribution in [3.63, 3.8) is 0 Å². The topological polar surface area (TPSA) is 26.3 Å². The molecule has 1 atom stereocenters. The molecule has 0 N–H and O–H groups in total. The smallest absolute Gasteiger partial charge is 0.305 e. The van der Waals surface area contributed by atoms with Crippen LogP contribution in [0.4, 0.5) is 0 Å². The largest absolute Gasteiger partial charge is 0.466 e. The molecule has 0 aliphatic rings. The van der Waals surface area contributed by atoms with Gasteiger partial charge in [-0.15, -0.1) is 0 Å².